The molecule has 0 radical (unpaired) electrons. The number of anilines is 2. The standard InChI is InChI=1S/C27H37N7O2/c1-4-6-12-29-14-18-13-19(26(36-3)30-15-18)16-34-22-11-8-7-10-21(22)23-24(34)25(33-27(28)32-23)31-20(17-35)9-5-2/h7-8,10-11,13,15,20,29,35H,4-6,9,12,14,16-17H2,1-3H3,(H3,28,31,32,33)/t20-/m0/s1. The number of para-hydroxylation sites is 1. The fraction of sp³-hybridized carbons (Fsp3) is 0.444. The van der Waals surface area contributed by atoms with Crippen molar-refractivity contribution < 1.29 is 9.84 Å². The van der Waals surface area contributed by atoms with Gasteiger partial charge in [0.05, 0.1) is 31.8 Å². The molecule has 0 saturated heterocycles. The second-order valence-electron chi connectivity index (χ2n) is 9.09. The summed E-state index contributed by atoms with van der Waals surface area (Å²) in [6, 6.07) is 10.1. The molecular formula is C27H37N7O2. The topological polar surface area (TPSA) is 123 Å². The smallest absolute Gasteiger partial charge is 0.222 e. The first-order chi connectivity index (χ1) is 17.6. The lowest BCUT2D eigenvalue weighted by atomic mass is 10.1. The van der Waals surface area contributed by atoms with Crippen LogP contribution in [-0.2, 0) is 13.1 Å². The van der Waals surface area contributed by atoms with Crippen molar-refractivity contribution in [1.82, 2.24) is 24.8 Å². The molecule has 5 N–H and O–H groups in total. The highest BCUT2D eigenvalue weighted by Crippen LogP contribution is 2.34. The van der Waals surface area contributed by atoms with E-state index >= 15 is 0 Å². The second kappa shape index (κ2) is 12.0. The number of hydrogen-bond acceptors (Lipinski definition) is 8. The highest BCUT2D eigenvalue weighted by Gasteiger charge is 2.21. The van der Waals surface area contributed by atoms with Gasteiger partial charge in [-0.05, 0) is 37.1 Å². The number of fused-ring (bicyclic) bond motifs is 3. The number of ether oxygens (including phenoxy) is 1. The van der Waals surface area contributed by atoms with Gasteiger partial charge in [0.25, 0.3) is 0 Å². The van der Waals surface area contributed by atoms with Gasteiger partial charge < -0.3 is 30.8 Å². The van der Waals surface area contributed by atoms with Gasteiger partial charge in [0.15, 0.2) is 5.82 Å². The van der Waals surface area contributed by atoms with Gasteiger partial charge in [-0.3, -0.25) is 0 Å². The minimum Gasteiger partial charge on any atom is -0.481 e. The molecule has 1 aromatic carbocycles. The number of nitrogens with two attached hydrogens (primary N) is 1. The van der Waals surface area contributed by atoms with Crippen LogP contribution in [0.5, 0.6) is 5.88 Å². The molecule has 0 aliphatic rings. The molecule has 0 fully saturated rings. The number of methoxy groups -OCH3 is 1. The third-order valence-corrected chi connectivity index (χ3v) is 6.36. The Hall–Kier alpha value is -3.43. The van der Waals surface area contributed by atoms with Crippen molar-refractivity contribution in [3.8, 4) is 5.88 Å². The van der Waals surface area contributed by atoms with E-state index < -0.39 is 0 Å². The highest BCUT2D eigenvalue weighted by atomic mass is 16.5. The average molecular weight is 492 g/mol. The molecule has 36 heavy (non-hydrogen) atoms. The quantitative estimate of drug-likeness (QED) is 0.206. The van der Waals surface area contributed by atoms with Crippen molar-refractivity contribution in [1.29, 1.82) is 0 Å². The van der Waals surface area contributed by atoms with Gasteiger partial charge in [-0.15, -0.1) is 0 Å². The number of aromatic nitrogens is 4. The third-order valence-electron chi connectivity index (χ3n) is 6.36. The second-order valence-corrected chi connectivity index (χ2v) is 9.09. The van der Waals surface area contributed by atoms with Gasteiger partial charge in [-0.25, -0.2) is 9.97 Å². The molecule has 0 aliphatic carbocycles. The SMILES string of the molecule is CCCCNCc1cnc(OC)c(Cn2c3ccccc3c3nc(N)nc(N[C@H](CO)CCC)c32)c1. The Morgan fingerprint density at radius 1 is 1.17 bits per heavy atom. The minimum atomic E-state index is -0.132. The first kappa shape index (κ1) is 25.7. The van der Waals surface area contributed by atoms with Crippen LogP contribution in [0, 0.1) is 0 Å². The monoisotopic (exact) mass is 491 g/mol. The van der Waals surface area contributed by atoms with E-state index in [0.717, 1.165) is 71.8 Å². The zero-order chi connectivity index (χ0) is 25.5. The van der Waals surface area contributed by atoms with Gasteiger partial charge in [0.2, 0.25) is 11.8 Å². The summed E-state index contributed by atoms with van der Waals surface area (Å²) in [4.78, 5) is 13.7. The minimum absolute atomic E-state index is 0.00425. The Morgan fingerprint density at radius 2 is 2.00 bits per heavy atom. The number of nitrogens with one attached hydrogen (secondary N) is 2. The van der Waals surface area contributed by atoms with Crippen molar-refractivity contribution in [3.63, 3.8) is 0 Å². The lowest BCUT2D eigenvalue weighted by Gasteiger charge is -2.18. The molecule has 0 saturated carbocycles. The summed E-state index contributed by atoms with van der Waals surface area (Å²) >= 11 is 0. The van der Waals surface area contributed by atoms with Crippen LogP contribution in [0.15, 0.2) is 36.5 Å². The summed E-state index contributed by atoms with van der Waals surface area (Å²) in [6.07, 6.45) is 5.91. The van der Waals surface area contributed by atoms with E-state index in [9.17, 15) is 5.11 Å². The van der Waals surface area contributed by atoms with Gasteiger partial charge in [-0.2, -0.15) is 4.98 Å². The summed E-state index contributed by atoms with van der Waals surface area (Å²) in [7, 11) is 1.64. The van der Waals surface area contributed by atoms with E-state index in [2.05, 4.69) is 56.1 Å². The molecule has 4 rings (SSSR count). The van der Waals surface area contributed by atoms with Crippen LogP contribution in [0.2, 0.25) is 0 Å². The number of aliphatic hydroxyl groups is 1. The molecule has 9 nitrogen and oxygen atoms in total. The molecule has 9 heteroatoms. The summed E-state index contributed by atoms with van der Waals surface area (Å²) in [5, 5.41) is 17.8. The van der Waals surface area contributed by atoms with Crippen molar-refractivity contribution in [2.45, 2.75) is 58.7 Å². The van der Waals surface area contributed by atoms with Crippen LogP contribution in [-0.4, -0.2) is 50.9 Å². The molecule has 4 aromatic rings. The van der Waals surface area contributed by atoms with Crippen LogP contribution in [0.1, 0.15) is 50.7 Å². The maximum Gasteiger partial charge on any atom is 0.222 e. The van der Waals surface area contributed by atoms with Crippen molar-refractivity contribution in [2.24, 2.45) is 0 Å². The molecular weight excluding hydrogens is 454 g/mol. The van der Waals surface area contributed by atoms with Gasteiger partial charge in [0, 0.05) is 23.7 Å². The summed E-state index contributed by atoms with van der Waals surface area (Å²) in [5.41, 5.74) is 10.8. The number of hydrogen-bond donors (Lipinski definition) is 4. The Kier molecular flexibility index (Phi) is 8.56. The fourth-order valence-corrected chi connectivity index (χ4v) is 4.61. The molecule has 0 aliphatic heterocycles. The maximum atomic E-state index is 9.93. The molecule has 0 amide bonds. The van der Waals surface area contributed by atoms with Gasteiger partial charge in [0.1, 0.15) is 11.0 Å². The first-order valence-corrected chi connectivity index (χ1v) is 12.7. The number of benzene rings is 1. The van der Waals surface area contributed by atoms with E-state index in [4.69, 9.17) is 10.5 Å². The summed E-state index contributed by atoms with van der Waals surface area (Å²) < 4.78 is 7.82. The zero-order valence-corrected chi connectivity index (χ0v) is 21.4. The number of pyridine rings is 1. The van der Waals surface area contributed by atoms with Gasteiger partial charge in [-0.1, -0.05) is 44.9 Å². The van der Waals surface area contributed by atoms with E-state index in [1.54, 1.807) is 7.11 Å². The Balaban J connectivity index is 1.82. The van der Waals surface area contributed by atoms with Crippen LogP contribution >= 0.6 is 0 Å². The number of rotatable bonds is 13. The number of nitrogens with zero attached hydrogens (tertiary/aromatic N) is 4. The van der Waals surface area contributed by atoms with Crippen molar-refractivity contribution in [2.75, 3.05) is 31.3 Å². The lowest BCUT2D eigenvalue weighted by Crippen LogP contribution is -2.25. The fourth-order valence-electron chi connectivity index (χ4n) is 4.61. The summed E-state index contributed by atoms with van der Waals surface area (Å²) in [5.74, 6) is 1.40. The highest BCUT2D eigenvalue weighted by molar-refractivity contribution is 6.09. The third kappa shape index (κ3) is 5.52. The van der Waals surface area contributed by atoms with Gasteiger partial charge >= 0.3 is 0 Å². The van der Waals surface area contributed by atoms with Crippen LogP contribution < -0.4 is 21.1 Å². The molecule has 0 spiro atoms. The predicted octanol–water partition coefficient (Wildman–Crippen LogP) is 4.08. The normalized spacial score (nSPS) is 12.3. The average Bonchev–Trinajstić information content (AvgIpc) is 3.20. The molecule has 3 aromatic heterocycles. The molecule has 3 heterocycles. The number of unbranched alkanes of at least 4 members (excludes halogenated alkanes) is 1. The van der Waals surface area contributed by atoms with Crippen LogP contribution in [0.25, 0.3) is 21.9 Å². The van der Waals surface area contributed by atoms with E-state index in [-0.39, 0.29) is 18.6 Å². The molecule has 1 atom stereocenters. The Morgan fingerprint density at radius 3 is 2.75 bits per heavy atom. The molecule has 0 unspecified atom stereocenters. The largest absolute Gasteiger partial charge is 0.481 e. The van der Waals surface area contributed by atoms with E-state index in [1.807, 2.05) is 24.4 Å². The Bertz CT molecular complexity index is 1300. The van der Waals surface area contributed by atoms with Crippen LogP contribution in [0.3, 0.4) is 0 Å². The molecule has 0 bridgehead atoms. The summed E-state index contributed by atoms with van der Waals surface area (Å²) in [6.45, 7) is 6.52. The van der Waals surface area contributed by atoms with E-state index in [0.29, 0.717) is 18.2 Å². The number of nitrogen functional groups attached to an aromatic ring is 1. The molecule has 192 valence electrons. The number of aliphatic hydroxyl groups excluding tert-OH is 1. The van der Waals surface area contributed by atoms with Crippen LogP contribution in [0.4, 0.5) is 11.8 Å². The maximum absolute atomic E-state index is 9.93. The lowest BCUT2D eigenvalue weighted by molar-refractivity contribution is 0.268. The zero-order valence-electron chi connectivity index (χ0n) is 21.4. The van der Waals surface area contributed by atoms with E-state index in [1.165, 1.54) is 0 Å². The Labute approximate surface area is 212 Å². The van der Waals surface area contributed by atoms with Crippen molar-refractivity contribution in [3.05, 3.63) is 47.7 Å². The first-order valence-electron chi connectivity index (χ1n) is 12.7. The van der Waals surface area contributed by atoms with Crippen molar-refractivity contribution >= 4 is 33.7 Å². The predicted molar refractivity (Wildman–Crippen MR) is 145 cm³/mol.